The van der Waals surface area contributed by atoms with Crippen LogP contribution in [-0.2, 0) is 14.8 Å². The molecule has 0 aromatic heterocycles. The highest BCUT2D eigenvalue weighted by Crippen LogP contribution is 2.21. The zero-order valence-electron chi connectivity index (χ0n) is 18.6. The number of hydrogen-bond acceptors (Lipinski definition) is 5. The number of carbonyl (C=O) groups is 1. The molecule has 0 saturated heterocycles. The molecular formula is C22H29F2N3O4S. The highest BCUT2D eigenvalue weighted by Gasteiger charge is 2.19. The van der Waals surface area contributed by atoms with Crippen LogP contribution in [-0.4, -0.2) is 32.1 Å². The molecule has 2 aromatic rings. The molecule has 0 aliphatic heterocycles. The van der Waals surface area contributed by atoms with Gasteiger partial charge >= 0.3 is 0 Å². The van der Waals surface area contributed by atoms with Crippen molar-refractivity contribution in [2.24, 2.45) is 0 Å². The first-order chi connectivity index (χ1) is 15.0. The molecule has 0 aliphatic carbocycles. The van der Waals surface area contributed by atoms with E-state index < -0.39 is 27.8 Å². The largest absolute Gasteiger partial charge is 0.374 e. The van der Waals surface area contributed by atoms with Crippen LogP contribution in [0.5, 0.6) is 0 Å². The van der Waals surface area contributed by atoms with Crippen molar-refractivity contribution in [1.29, 1.82) is 0 Å². The van der Waals surface area contributed by atoms with Crippen LogP contribution in [0.15, 0.2) is 29.2 Å². The van der Waals surface area contributed by atoms with Crippen molar-refractivity contribution in [2.75, 3.05) is 11.9 Å². The average molecular weight is 470 g/mol. The molecule has 0 saturated carbocycles. The zero-order valence-corrected chi connectivity index (χ0v) is 19.4. The van der Waals surface area contributed by atoms with E-state index >= 15 is 0 Å². The van der Waals surface area contributed by atoms with E-state index in [4.69, 9.17) is 5.21 Å². The van der Waals surface area contributed by atoms with Crippen molar-refractivity contribution in [3.05, 3.63) is 58.2 Å². The van der Waals surface area contributed by atoms with Crippen molar-refractivity contribution >= 4 is 21.6 Å². The summed E-state index contributed by atoms with van der Waals surface area (Å²) in [5.74, 6) is -1.41. The standard InChI is InChI=1S/C22H29F2N3O4S/c1-13-9-17(10-14(2)20(13)23)26-19(22(28)27-29)7-5-6-8-25-32(30,31)18-11-15(3)21(24)16(4)12-18/h9-12,19,25-26,29H,5-8H2,1-4H3,(H,27,28)/t19-/m1/s1. The summed E-state index contributed by atoms with van der Waals surface area (Å²) in [6, 6.07) is 4.91. The maximum absolute atomic E-state index is 13.8. The molecular weight excluding hydrogens is 440 g/mol. The van der Waals surface area contributed by atoms with Crippen LogP contribution in [0.1, 0.15) is 41.5 Å². The lowest BCUT2D eigenvalue weighted by molar-refractivity contribution is -0.130. The van der Waals surface area contributed by atoms with Gasteiger partial charge in [0.25, 0.3) is 5.91 Å². The van der Waals surface area contributed by atoms with Crippen LogP contribution < -0.4 is 15.5 Å². The molecule has 0 aliphatic rings. The number of unbranched alkanes of at least 4 members (excludes halogenated alkanes) is 1. The molecule has 176 valence electrons. The molecule has 0 spiro atoms. The first kappa shape index (κ1) is 25.7. The van der Waals surface area contributed by atoms with Crippen molar-refractivity contribution < 1.29 is 27.2 Å². The Hall–Kier alpha value is -2.56. The second-order valence-corrected chi connectivity index (χ2v) is 9.63. The van der Waals surface area contributed by atoms with Crippen molar-refractivity contribution in [2.45, 2.75) is 57.9 Å². The number of aryl methyl sites for hydroxylation is 4. The Morgan fingerprint density at radius 3 is 1.94 bits per heavy atom. The minimum atomic E-state index is -3.79. The van der Waals surface area contributed by atoms with E-state index in [0.717, 1.165) is 0 Å². The van der Waals surface area contributed by atoms with Crippen LogP contribution in [0.25, 0.3) is 0 Å². The number of anilines is 1. The van der Waals surface area contributed by atoms with Gasteiger partial charge in [-0.3, -0.25) is 10.0 Å². The Kier molecular flexibility index (Phi) is 8.71. The highest BCUT2D eigenvalue weighted by atomic mass is 32.2. The van der Waals surface area contributed by atoms with E-state index in [0.29, 0.717) is 36.1 Å². The Labute approximate surface area is 187 Å². The molecule has 0 bridgehead atoms. The lowest BCUT2D eigenvalue weighted by Crippen LogP contribution is -2.38. The van der Waals surface area contributed by atoms with Crippen LogP contribution in [0.4, 0.5) is 14.5 Å². The fourth-order valence-electron chi connectivity index (χ4n) is 3.40. The third-order valence-corrected chi connectivity index (χ3v) is 6.58. The number of amides is 1. The summed E-state index contributed by atoms with van der Waals surface area (Å²) in [5.41, 5.74) is 3.50. The summed E-state index contributed by atoms with van der Waals surface area (Å²) in [6.07, 6.45) is 1.20. The number of sulfonamides is 1. The van der Waals surface area contributed by atoms with Gasteiger partial charge < -0.3 is 5.32 Å². The molecule has 4 N–H and O–H groups in total. The minimum absolute atomic E-state index is 0.00449. The molecule has 2 aromatic carbocycles. The molecule has 10 heteroatoms. The molecule has 1 amide bonds. The van der Waals surface area contributed by atoms with Crippen LogP contribution in [0.2, 0.25) is 0 Å². The van der Waals surface area contributed by atoms with Crippen molar-refractivity contribution in [1.82, 2.24) is 10.2 Å². The third kappa shape index (κ3) is 6.47. The van der Waals surface area contributed by atoms with Gasteiger partial charge in [-0.2, -0.15) is 0 Å². The van der Waals surface area contributed by atoms with Crippen molar-refractivity contribution in [3.8, 4) is 0 Å². The number of nitrogens with one attached hydrogen (secondary N) is 3. The number of benzene rings is 2. The summed E-state index contributed by atoms with van der Waals surface area (Å²) in [5, 5.41) is 12.0. The lowest BCUT2D eigenvalue weighted by atomic mass is 10.1. The fraction of sp³-hybridized carbons (Fsp3) is 0.409. The molecule has 0 unspecified atom stereocenters. The summed E-state index contributed by atoms with van der Waals surface area (Å²) in [7, 11) is -3.79. The lowest BCUT2D eigenvalue weighted by Gasteiger charge is -2.19. The fourth-order valence-corrected chi connectivity index (χ4v) is 4.65. The number of carbonyl (C=O) groups excluding carboxylic acids is 1. The summed E-state index contributed by atoms with van der Waals surface area (Å²) >= 11 is 0. The predicted octanol–water partition coefficient (Wildman–Crippen LogP) is 3.63. The van der Waals surface area contributed by atoms with Crippen LogP contribution in [0.3, 0.4) is 0 Å². The topological polar surface area (TPSA) is 108 Å². The molecule has 0 heterocycles. The smallest absolute Gasteiger partial charge is 0.265 e. The Bertz CT molecular complexity index is 1040. The van der Waals surface area contributed by atoms with Gasteiger partial charge in [0.15, 0.2) is 0 Å². The normalized spacial score (nSPS) is 12.5. The summed E-state index contributed by atoms with van der Waals surface area (Å²) in [6.45, 7) is 6.37. The van der Waals surface area contributed by atoms with Crippen molar-refractivity contribution in [3.63, 3.8) is 0 Å². The third-order valence-electron chi connectivity index (χ3n) is 5.14. The number of halogens is 2. The monoisotopic (exact) mass is 469 g/mol. The average Bonchev–Trinajstić information content (AvgIpc) is 2.73. The van der Waals surface area contributed by atoms with Gasteiger partial charge in [-0.05, 0) is 93.5 Å². The van der Waals surface area contributed by atoms with Gasteiger partial charge in [-0.15, -0.1) is 0 Å². The molecule has 1 atom stereocenters. The minimum Gasteiger partial charge on any atom is -0.374 e. The predicted molar refractivity (Wildman–Crippen MR) is 118 cm³/mol. The van der Waals surface area contributed by atoms with Gasteiger partial charge in [0, 0.05) is 12.2 Å². The SMILES string of the molecule is Cc1cc(N[C@H](CCCCNS(=O)(=O)c2cc(C)c(F)c(C)c2)C(=O)NO)cc(C)c1F. The van der Waals surface area contributed by atoms with Gasteiger partial charge in [0.2, 0.25) is 10.0 Å². The molecule has 7 nitrogen and oxygen atoms in total. The van der Waals surface area contributed by atoms with E-state index in [9.17, 15) is 22.0 Å². The maximum atomic E-state index is 13.8. The molecule has 0 radical (unpaired) electrons. The Morgan fingerprint density at radius 1 is 0.938 bits per heavy atom. The quantitative estimate of drug-likeness (QED) is 0.241. The second-order valence-electron chi connectivity index (χ2n) is 7.86. The second kappa shape index (κ2) is 10.8. The molecule has 0 fully saturated rings. The van der Waals surface area contributed by atoms with E-state index in [1.807, 2.05) is 0 Å². The number of rotatable bonds is 10. The number of hydroxylamine groups is 1. The molecule has 2 rings (SSSR count). The highest BCUT2D eigenvalue weighted by molar-refractivity contribution is 7.89. The maximum Gasteiger partial charge on any atom is 0.265 e. The molecule has 32 heavy (non-hydrogen) atoms. The summed E-state index contributed by atoms with van der Waals surface area (Å²) < 4.78 is 55.0. The van der Waals surface area contributed by atoms with Gasteiger partial charge in [0.05, 0.1) is 4.90 Å². The van der Waals surface area contributed by atoms with Gasteiger partial charge in [-0.1, -0.05) is 0 Å². The Morgan fingerprint density at radius 2 is 1.44 bits per heavy atom. The van der Waals surface area contributed by atoms with Gasteiger partial charge in [0.1, 0.15) is 17.7 Å². The zero-order chi connectivity index (χ0) is 24.1. The van der Waals surface area contributed by atoms with E-state index in [1.54, 1.807) is 31.5 Å². The first-order valence-electron chi connectivity index (χ1n) is 10.2. The van der Waals surface area contributed by atoms with E-state index in [2.05, 4.69) is 10.0 Å². The van der Waals surface area contributed by atoms with Crippen LogP contribution in [0, 0.1) is 39.3 Å². The van der Waals surface area contributed by atoms with E-state index in [-0.39, 0.29) is 28.4 Å². The summed E-state index contributed by atoms with van der Waals surface area (Å²) in [4.78, 5) is 12.0. The first-order valence-corrected chi connectivity index (χ1v) is 11.7. The Balaban J connectivity index is 1.94. The number of hydrogen-bond donors (Lipinski definition) is 4. The van der Waals surface area contributed by atoms with Crippen LogP contribution >= 0.6 is 0 Å². The van der Waals surface area contributed by atoms with E-state index in [1.165, 1.54) is 26.0 Å². The van der Waals surface area contributed by atoms with Gasteiger partial charge in [-0.25, -0.2) is 27.4 Å².